The highest BCUT2D eigenvalue weighted by Gasteiger charge is 2.11. The Labute approximate surface area is 133 Å². The van der Waals surface area contributed by atoms with E-state index in [0.717, 1.165) is 28.6 Å². The highest BCUT2D eigenvalue weighted by Crippen LogP contribution is 2.17. The van der Waals surface area contributed by atoms with Crippen molar-refractivity contribution in [3.63, 3.8) is 0 Å². The number of benzene rings is 1. The molecule has 0 saturated carbocycles. The molecule has 0 N–H and O–H groups in total. The maximum Gasteiger partial charge on any atom is 0.300 e. The summed E-state index contributed by atoms with van der Waals surface area (Å²) in [6, 6.07) is 5.98. The monoisotopic (exact) mass is 314 g/mol. The summed E-state index contributed by atoms with van der Waals surface area (Å²) < 4.78 is 3.38. The van der Waals surface area contributed by atoms with Crippen LogP contribution in [0.15, 0.2) is 40.5 Å². The summed E-state index contributed by atoms with van der Waals surface area (Å²) >= 11 is 1.61. The Hall–Kier alpha value is -2.08. The van der Waals surface area contributed by atoms with Crippen molar-refractivity contribution in [2.75, 3.05) is 5.75 Å². The lowest BCUT2D eigenvalue weighted by Gasteiger charge is -2.08. The quantitative estimate of drug-likeness (QED) is 0.695. The molecule has 114 valence electrons. The Morgan fingerprint density at radius 1 is 1.14 bits per heavy atom. The van der Waals surface area contributed by atoms with E-state index in [0.29, 0.717) is 5.65 Å². The summed E-state index contributed by atoms with van der Waals surface area (Å²) in [4.78, 5) is 12.6. The molecular weight excluding hydrogens is 296 g/mol. The summed E-state index contributed by atoms with van der Waals surface area (Å²) in [5.74, 6) is 0.959. The van der Waals surface area contributed by atoms with Crippen molar-refractivity contribution in [2.45, 2.75) is 32.3 Å². The van der Waals surface area contributed by atoms with Crippen LogP contribution in [0.1, 0.15) is 24.5 Å². The van der Waals surface area contributed by atoms with E-state index in [4.69, 9.17) is 0 Å². The van der Waals surface area contributed by atoms with Gasteiger partial charge >= 0.3 is 5.56 Å². The van der Waals surface area contributed by atoms with Crippen LogP contribution < -0.4 is 5.56 Å². The zero-order chi connectivity index (χ0) is 15.7. The minimum Gasteiger partial charge on any atom is -0.280 e. The third-order valence-corrected chi connectivity index (χ3v) is 4.79. The second-order valence-electron chi connectivity index (χ2n) is 5.27. The second kappa shape index (κ2) is 5.96. The molecule has 22 heavy (non-hydrogen) atoms. The molecule has 2 aromatic heterocycles. The Balaban J connectivity index is 2.10. The maximum absolute atomic E-state index is 12.6. The highest BCUT2D eigenvalue weighted by molar-refractivity contribution is 7.99. The van der Waals surface area contributed by atoms with Gasteiger partial charge in [-0.3, -0.25) is 13.8 Å². The Bertz CT molecular complexity index is 881. The molecule has 5 nitrogen and oxygen atoms in total. The topological polar surface area (TPSA) is 52.2 Å². The number of hydrogen-bond acceptors (Lipinski definition) is 4. The third kappa shape index (κ3) is 2.54. The second-order valence-corrected chi connectivity index (χ2v) is 6.33. The average molecular weight is 314 g/mol. The zero-order valence-corrected chi connectivity index (χ0v) is 13.7. The van der Waals surface area contributed by atoms with E-state index < -0.39 is 0 Å². The van der Waals surface area contributed by atoms with Crippen molar-refractivity contribution in [2.24, 2.45) is 0 Å². The largest absolute Gasteiger partial charge is 0.300 e. The number of fused-ring (bicyclic) bond motifs is 1. The van der Waals surface area contributed by atoms with Crippen molar-refractivity contribution in [1.82, 2.24) is 19.2 Å². The molecule has 0 fully saturated rings. The Morgan fingerprint density at radius 2 is 1.95 bits per heavy atom. The SMILES string of the molecule is CCCSc1nnc2c(=O)n(-c3ccc(C)c(C)c3)ccn12. The van der Waals surface area contributed by atoms with Gasteiger partial charge in [0.15, 0.2) is 5.16 Å². The molecule has 2 heterocycles. The number of hydrogen-bond donors (Lipinski definition) is 0. The summed E-state index contributed by atoms with van der Waals surface area (Å²) in [6.07, 6.45) is 4.68. The first kappa shape index (κ1) is 14.8. The van der Waals surface area contributed by atoms with Crippen LogP contribution in [0.3, 0.4) is 0 Å². The van der Waals surface area contributed by atoms with Gasteiger partial charge in [-0.1, -0.05) is 24.8 Å². The first-order valence-electron chi connectivity index (χ1n) is 7.28. The van der Waals surface area contributed by atoms with Gasteiger partial charge in [-0.25, -0.2) is 0 Å². The van der Waals surface area contributed by atoms with Crippen molar-refractivity contribution >= 4 is 17.4 Å². The fourth-order valence-corrected chi connectivity index (χ4v) is 3.01. The number of rotatable bonds is 4. The van der Waals surface area contributed by atoms with Crippen molar-refractivity contribution in [3.05, 3.63) is 52.1 Å². The molecule has 0 atom stereocenters. The van der Waals surface area contributed by atoms with Gasteiger partial charge in [-0.05, 0) is 43.5 Å². The lowest BCUT2D eigenvalue weighted by molar-refractivity contribution is 0.890. The van der Waals surface area contributed by atoms with Crippen LogP contribution in [-0.4, -0.2) is 24.9 Å². The molecule has 0 unspecified atom stereocenters. The number of aromatic nitrogens is 4. The molecule has 3 aromatic rings. The summed E-state index contributed by atoms with van der Waals surface area (Å²) in [6.45, 7) is 6.21. The number of nitrogens with zero attached hydrogens (tertiary/aromatic N) is 4. The number of aryl methyl sites for hydroxylation is 2. The smallest absolute Gasteiger partial charge is 0.280 e. The molecule has 0 saturated heterocycles. The molecule has 1 aromatic carbocycles. The van der Waals surface area contributed by atoms with Crippen LogP contribution in [-0.2, 0) is 0 Å². The molecule has 0 aliphatic heterocycles. The molecule has 0 spiro atoms. The van der Waals surface area contributed by atoms with Gasteiger partial charge in [0.1, 0.15) is 0 Å². The molecule has 0 aliphatic carbocycles. The Morgan fingerprint density at radius 3 is 2.68 bits per heavy atom. The normalized spacial score (nSPS) is 11.2. The van der Waals surface area contributed by atoms with Crippen molar-refractivity contribution in [3.8, 4) is 5.69 Å². The first-order valence-corrected chi connectivity index (χ1v) is 8.27. The minimum absolute atomic E-state index is 0.151. The summed E-state index contributed by atoms with van der Waals surface area (Å²) in [5, 5.41) is 8.94. The van der Waals surface area contributed by atoms with E-state index >= 15 is 0 Å². The zero-order valence-electron chi connectivity index (χ0n) is 12.9. The first-order chi connectivity index (χ1) is 10.6. The van der Waals surface area contributed by atoms with Gasteiger partial charge in [0.25, 0.3) is 0 Å². The van der Waals surface area contributed by atoms with Gasteiger partial charge in [-0.2, -0.15) is 0 Å². The minimum atomic E-state index is -0.151. The van der Waals surface area contributed by atoms with E-state index in [1.165, 1.54) is 5.56 Å². The number of thioether (sulfide) groups is 1. The van der Waals surface area contributed by atoms with Crippen molar-refractivity contribution < 1.29 is 0 Å². The third-order valence-electron chi connectivity index (χ3n) is 3.64. The fraction of sp³-hybridized carbons (Fsp3) is 0.312. The van der Waals surface area contributed by atoms with E-state index in [1.54, 1.807) is 26.9 Å². The molecule has 0 aliphatic rings. The average Bonchev–Trinajstić information content (AvgIpc) is 2.92. The van der Waals surface area contributed by atoms with Crippen LogP contribution in [0.5, 0.6) is 0 Å². The maximum atomic E-state index is 12.6. The lowest BCUT2D eigenvalue weighted by atomic mass is 10.1. The summed E-state index contributed by atoms with van der Waals surface area (Å²) in [5.41, 5.74) is 3.42. The fourth-order valence-electron chi connectivity index (χ4n) is 2.24. The molecule has 0 bridgehead atoms. The Kier molecular flexibility index (Phi) is 4.02. The lowest BCUT2D eigenvalue weighted by Crippen LogP contribution is -2.20. The van der Waals surface area contributed by atoms with E-state index in [1.807, 2.05) is 31.3 Å². The van der Waals surface area contributed by atoms with Gasteiger partial charge < -0.3 is 0 Å². The van der Waals surface area contributed by atoms with E-state index in [9.17, 15) is 4.79 Å². The van der Waals surface area contributed by atoms with Gasteiger partial charge in [0.05, 0.1) is 0 Å². The molecule has 0 radical (unpaired) electrons. The predicted octanol–water partition coefficient (Wildman–Crippen LogP) is 3.00. The van der Waals surface area contributed by atoms with Crippen LogP contribution in [0.25, 0.3) is 11.3 Å². The molecule has 0 amide bonds. The van der Waals surface area contributed by atoms with Crippen LogP contribution in [0, 0.1) is 13.8 Å². The highest BCUT2D eigenvalue weighted by atomic mass is 32.2. The van der Waals surface area contributed by atoms with E-state index in [2.05, 4.69) is 24.0 Å². The molecular formula is C16H18N4OS. The van der Waals surface area contributed by atoms with Gasteiger partial charge in [0.2, 0.25) is 5.65 Å². The molecule has 6 heteroatoms. The van der Waals surface area contributed by atoms with Crippen LogP contribution in [0.4, 0.5) is 0 Å². The van der Waals surface area contributed by atoms with Gasteiger partial charge in [0, 0.05) is 23.8 Å². The summed E-state index contributed by atoms with van der Waals surface area (Å²) in [7, 11) is 0. The van der Waals surface area contributed by atoms with Gasteiger partial charge in [-0.15, -0.1) is 10.2 Å². The standard InChI is InChI=1S/C16H18N4OS/c1-4-9-22-16-18-17-14-15(21)19(7-8-20(14)16)13-6-5-11(2)12(3)10-13/h5-8,10H,4,9H2,1-3H3. The van der Waals surface area contributed by atoms with E-state index in [-0.39, 0.29) is 5.56 Å². The predicted molar refractivity (Wildman–Crippen MR) is 89.1 cm³/mol. The van der Waals surface area contributed by atoms with Crippen LogP contribution >= 0.6 is 11.8 Å². The molecule has 3 rings (SSSR count). The van der Waals surface area contributed by atoms with Crippen molar-refractivity contribution in [1.29, 1.82) is 0 Å². The van der Waals surface area contributed by atoms with Crippen LogP contribution in [0.2, 0.25) is 0 Å².